The van der Waals surface area contributed by atoms with Gasteiger partial charge in [0.15, 0.2) is 5.65 Å². The van der Waals surface area contributed by atoms with Gasteiger partial charge in [-0.1, -0.05) is 0 Å². The lowest BCUT2D eigenvalue weighted by Gasteiger charge is -2.11. The number of halogens is 1. The molecule has 1 N–H and O–H groups in total. The van der Waals surface area contributed by atoms with Crippen molar-refractivity contribution in [1.82, 2.24) is 24.3 Å². The molecule has 4 aromatic heterocycles. The van der Waals surface area contributed by atoms with Crippen molar-refractivity contribution >= 4 is 16.6 Å². The first-order valence-electron chi connectivity index (χ1n) is 8.39. The lowest BCUT2D eigenvalue weighted by atomic mass is 10.1. The highest BCUT2D eigenvalue weighted by molar-refractivity contribution is 5.84. The zero-order valence-corrected chi connectivity index (χ0v) is 14.3. The summed E-state index contributed by atoms with van der Waals surface area (Å²) in [5, 5.41) is 0.838. The number of H-pyrrole nitrogens is 1. The molecule has 0 saturated heterocycles. The van der Waals surface area contributed by atoms with Crippen LogP contribution in [-0.2, 0) is 0 Å². The average molecular weight is 359 g/mol. The van der Waals surface area contributed by atoms with Gasteiger partial charge in [-0.2, -0.15) is 0 Å². The molecule has 0 bridgehead atoms. The Morgan fingerprint density at radius 3 is 2.89 bits per heavy atom. The average Bonchev–Trinajstić information content (AvgIpc) is 3.32. The van der Waals surface area contributed by atoms with Crippen LogP contribution in [0, 0.1) is 12.7 Å². The summed E-state index contributed by atoms with van der Waals surface area (Å²) in [7, 11) is 0. The van der Waals surface area contributed by atoms with Crippen LogP contribution in [0.4, 0.5) is 4.39 Å². The maximum atomic E-state index is 14.9. The van der Waals surface area contributed by atoms with Gasteiger partial charge in [-0.3, -0.25) is 9.38 Å². The van der Waals surface area contributed by atoms with Gasteiger partial charge >= 0.3 is 0 Å². The van der Waals surface area contributed by atoms with Crippen LogP contribution in [0.1, 0.15) is 5.69 Å². The molecule has 6 nitrogen and oxygen atoms in total. The monoisotopic (exact) mass is 359 g/mol. The Kier molecular flexibility index (Phi) is 3.39. The molecule has 7 heteroatoms. The summed E-state index contributed by atoms with van der Waals surface area (Å²) in [4.78, 5) is 15.9. The van der Waals surface area contributed by atoms with E-state index in [1.807, 2.05) is 29.7 Å². The summed E-state index contributed by atoms with van der Waals surface area (Å²) in [6.07, 6.45) is 8.58. The van der Waals surface area contributed by atoms with Gasteiger partial charge < -0.3 is 9.72 Å². The minimum atomic E-state index is -0.403. The molecule has 0 unspecified atom stereocenters. The first-order chi connectivity index (χ1) is 13.2. The van der Waals surface area contributed by atoms with Crippen molar-refractivity contribution < 1.29 is 9.13 Å². The van der Waals surface area contributed by atoms with Crippen LogP contribution in [-0.4, -0.2) is 24.3 Å². The molecule has 0 fully saturated rings. The number of hydrogen-bond acceptors (Lipinski definition) is 4. The van der Waals surface area contributed by atoms with Crippen molar-refractivity contribution in [3.63, 3.8) is 0 Å². The highest BCUT2D eigenvalue weighted by atomic mass is 19.1. The topological polar surface area (TPSA) is 68.1 Å². The van der Waals surface area contributed by atoms with E-state index in [1.165, 1.54) is 6.07 Å². The number of rotatable bonds is 3. The molecule has 1 aromatic carbocycles. The van der Waals surface area contributed by atoms with Gasteiger partial charge in [0.25, 0.3) is 0 Å². The molecule has 0 spiro atoms. The number of pyridine rings is 1. The highest BCUT2D eigenvalue weighted by Crippen LogP contribution is 2.32. The number of fused-ring (bicyclic) bond motifs is 2. The summed E-state index contributed by atoms with van der Waals surface area (Å²) in [5.41, 5.74) is 3.39. The van der Waals surface area contributed by atoms with Crippen molar-refractivity contribution in [3.05, 3.63) is 72.8 Å². The summed E-state index contributed by atoms with van der Waals surface area (Å²) in [5.74, 6) is 0.399. The predicted octanol–water partition coefficient (Wildman–Crippen LogP) is 4.51. The SMILES string of the molecule is Cc1ncc2nccn2c1-c1ccc(Oc2nccc3[nH]ccc23)cc1F. The largest absolute Gasteiger partial charge is 0.438 e. The van der Waals surface area contributed by atoms with Gasteiger partial charge in [-0.25, -0.2) is 14.4 Å². The first-order valence-corrected chi connectivity index (χ1v) is 8.39. The fraction of sp³-hybridized carbons (Fsp3) is 0.0500. The standard InChI is InChI=1S/C20H14FN5O/c1-12-19(26-9-8-23-18(26)11-25-12)14-3-2-13(10-16(14)21)27-20-15-4-6-22-17(15)5-7-24-20/h2-11,22H,1H3. The molecule has 4 heterocycles. The number of nitrogens with one attached hydrogen (secondary N) is 1. The van der Waals surface area contributed by atoms with Crippen LogP contribution in [0.5, 0.6) is 11.6 Å². The lowest BCUT2D eigenvalue weighted by molar-refractivity contribution is 0.464. The third-order valence-electron chi connectivity index (χ3n) is 4.48. The maximum absolute atomic E-state index is 14.9. The lowest BCUT2D eigenvalue weighted by Crippen LogP contribution is -1.99. The van der Waals surface area contributed by atoms with E-state index in [9.17, 15) is 4.39 Å². The van der Waals surface area contributed by atoms with E-state index in [-0.39, 0.29) is 0 Å². The van der Waals surface area contributed by atoms with E-state index in [1.54, 1.807) is 36.9 Å². The zero-order chi connectivity index (χ0) is 18.4. The molecule has 27 heavy (non-hydrogen) atoms. The minimum absolute atomic E-state index is 0.376. The minimum Gasteiger partial charge on any atom is -0.438 e. The number of nitrogens with zero attached hydrogens (tertiary/aromatic N) is 4. The Hall–Kier alpha value is -3.74. The van der Waals surface area contributed by atoms with Gasteiger partial charge in [0.2, 0.25) is 5.88 Å². The number of hydrogen-bond donors (Lipinski definition) is 1. The number of ether oxygens (including phenoxy) is 1. The van der Waals surface area contributed by atoms with Crippen molar-refractivity contribution in [2.24, 2.45) is 0 Å². The van der Waals surface area contributed by atoms with Gasteiger partial charge in [0, 0.05) is 36.4 Å². The van der Waals surface area contributed by atoms with Crippen LogP contribution in [0.2, 0.25) is 0 Å². The van der Waals surface area contributed by atoms with Crippen LogP contribution in [0.15, 0.2) is 61.3 Å². The van der Waals surface area contributed by atoms with Crippen LogP contribution >= 0.6 is 0 Å². The quantitative estimate of drug-likeness (QED) is 0.514. The van der Waals surface area contributed by atoms with Gasteiger partial charge in [-0.05, 0) is 31.2 Å². The van der Waals surface area contributed by atoms with Crippen LogP contribution < -0.4 is 4.74 Å². The van der Waals surface area contributed by atoms with Gasteiger partial charge in [-0.15, -0.1) is 0 Å². The van der Waals surface area contributed by atoms with E-state index in [2.05, 4.69) is 19.9 Å². The van der Waals surface area contributed by atoms with Crippen molar-refractivity contribution in [3.8, 4) is 22.9 Å². The van der Waals surface area contributed by atoms with E-state index < -0.39 is 5.82 Å². The van der Waals surface area contributed by atoms with E-state index >= 15 is 0 Å². The van der Waals surface area contributed by atoms with E-state index in [0.29, 0.717) is 34.2 Å². The number of benzene rings is 1. The fourth-order valence-corrected chi connectivity index (χ4v) is 3.21. The number of aromatic amines is 1. The number of aromatic nitrogens is 5. The molecule has 0 aliphatic rings. The Labute approximate surface area is 153 Å². The van der Waals surface area contributed by atoms with Gasteiger partial charge in [0.05, 0.1) is 28.5 Å². The Balaban J connectivity index is 1.57. The van der Waals surface area contributed by atoms with Crippen molar-refractivity contribution in [2.45, 2.75) is 6.92 Å². The summed E-state index contributed by atoms with van der Waals surface area (Å²) in [6.45, 7) is 1.84. The number of aryl methyl sites for hydroxylation is 1. The second-order valence-electron chi connectivity index (χ2n) is 6.15. The highest BCUT2D eigenvalue weighted by Gasteiger charge is 2.15. The third-order valence-corrected chi connectivity index (χ3v) is 4.48. The summed E-state index contributed by atoms with van der Waals surface area (Å²) < 4.78 is 22.6. The molecular formula is C20H14FN5O. The van der Waals surface area contributed by atoms with Crippen molar-refractivity contribution in [1.29, 1.82) is 0 Å². The van der Waals surface area contributed by atoms with E-state index in [0.717, 1.165) is 10.9 Å². The molecule has 5 rings (SSSR count). The van der Waals surface area contributed by atoms with Gasteiger partial charge in [0.1, 0.15) is 11.6 Å². The summed E-state index contributed by atoms with van der Waals surface area (Å²) in [6, 6.07) is 8.49. The molecular weight excluding hydrogens is 345 g/mol. The third kappa shape index (κ3) is 2.52. The summed E-state index contributed by atoms with van der Waals surface area (Å²) >= 11 is 0. The maximum Gasteiger partial charge on any atom is 0.228 e. The predicted molar refractivity (Wildman–Crippen MR) is 99.3 cm³/mol. The first kappa shape index (κ1) is 15.5. The normalized spacial score (nSPS) is 11.3. The number of imidazole rings is 1. The molecule has 5 aromatic rings. The second kappa shape index (κ2) is 5.91. The molecule has 0 atom stereocenters. The molecule has 0 aliphatic heterocycles. The Morgan fingerprint density at radius 2 is 2.00 bits per heavy atom. The molecule has 132 valence electrons. The molecule has 0 saturated carbocycles. The van der Waals surface area contributed by atoms with Crippen LogP contribution in [0.25, 0.3) is 27.8 Å². The molecule has 0 aliphatic carbocycles. The van der Waals surface area contributed by atoms with Crippen LogP contribution in [0.3, 0.4) is 0 Å². The molecule has 0 amide bonds. The van der Waals surface area contributed by atoms with E-state index in [4.69, 9.17) is 4.74 Å². The Bertz CT molecular complexity index is 1290. The second-order valence-corrected chi connectivity index (χ2v) is 6.15. The fourth-order valence-electron chi connectivity index (χ4n) is 3.21. The smallest absolute Gasteiger partial charge is 0.228 e. The zero-order valence-electron chi connectivity index (χ0n) is 14.3. The molecule has 0 radical (unpaired) electrons. The van der Waals surface area contributed by atoms with Crippen molar-refractivity contribution in [2.75, 3.05) is 0 Å². The Morgan fingerprint density at radius 1 is 1.07 bits per heavy atom.